The number of benzene rings is 8. The molecule has 0 nitrogen and oxygen atoms in total. The Hall–Kier alpha value is -6.50. The molecule has 0 amide bonds. The van der Waals surface area contributed by atoms with Crippen LogP contribution in [0.2, 0.25) is 0 Å². The Kier molecular flexibility index (Phi) is 8.82. The van der Waals surface area contributed by atoms with Gasteiger partial charge in [0.15, 0.2) is 0 Å². The van der Waals surface area contributed by atoms with Gasteiger partial charge in [0.25, 0.3) is 0 Å². The summed E-state index contributed by atoms with van der Waals surface area (Å²) in [5.41, 5.74) is 16.6. The first-order valence-electron chi connectivity index (χ1n) is 17.2. The van der Waals surface area contributed by atoms with Gasteiger partial charge in [-0.3, -0.25) is 0 Å². The summed E-state index contributed by atoms with van der Waals surface area (Å²) in [6, 6.07) is 78.7. The molecule has 8 aromatic rings. The van der Waals surface area contributed by atoms with Crippen LogP contribution in [0.3, 0.4) is 0 Å². The van der Waals surface area contributed by atoms with Gasteiger partial charge in [0.2, 0.25) is 0 Å². The van der Waals surface area contributed by atoms with Crippen molar-refractivity contribution in [3.05, 3.63) is 241 Å². The van der Waals surface area contributed by atoms with E-state index < -0.39 is 0 Å². The molecule has 0 fully saturated rings. The average Bonchev–Trinajstić information content (AvgIpc) is 3.21. The lowest BCUT2D eigenvalue weighted by Crippen LogP contribution is -2.03. The highest BCUT2D eigenvalue weighted by Crippen LogP contribution is 2.47. The van der Waals surface area contributed by atoms with Crippen LogP contribution in [0.1, 0.15) is 22.3 Å². The molecule has 0 aliphatic carbocycles. The fourth-order valence-electron chi connectivity index (χ4n) is 7.11. The first-order chi connectivity index (χ1) is 24.9. The quantitative estimate of drug-likeness (QED) is 0.146. The van der Waals surface area contributed by atoms with Crippen molar-refractivity contribution < 1.29 is 0 Å². The molecule has 0 heterocycles. The summed E-state index contributed by atoms with van der Waals surface area (Å²) < 4.78 is 0. The van der Waals surface area contributed by atoms with Crippen molar-refractivity contribution in [2.75, 3.05) is 0 Å². The lowest BCUT2D eigenvalue weighted by Gasteiger charge is -2.25. The highest BCUT2D eigenvalue weighted by molar-refractivity contribution is 6.13. The Balaban J connectivity index is 1.59. The van der Waals surface area contributed by atoms with Gasteiger partial charge in [0.05, 0.1) is 0 Å². The zero-order valence-electron chi connectivity index (χ0n) is 27.8. The monoisotopic (exact) mass is 636 g/mol. The summed E-state index contributed by atoms with van der Waals surface area (Å²) in [6.07, 6.45) is 0. The first-order valence-corrected chi connectivity index (χ1v) is 17.2. The minimum absolute atomic E-state index is 1.18. The van der Waals surface area contributed by atoms with Crippen LogP contribution in [0.4, 0.5) is 0 Å². The normalized spacial score (nSPS) is 10.8. The van der Waals surface area contributed by atoms with Crippen molar-refractivity contribution in [2.24, 2.45) is 0 Å². The van der Waals surface area contributed by atoms with E-state index in [0.717, 1.165) is 0 Å². The molecule has 8 aromatic carbocycles. The van der Waals surface area contributed by atoms with E-state index in [-0.39, 0.29) is 0 Å². The molecule has 0 bridgehead atoms. The molecular weight excluding hydrogens is 601 g/mol. The predicted molar refractivity (Wildman–Crippen MR) is 213 cm³/mol. The summed E-state index contributed by atoms with van der Waals surface area (Å²) in [6.45, 7) is 0. The fourth-order valence-corrected chi connectivity index (χ4v) is 7.11. The summed E-state index contributed by atoms with van der Waals surface area (Å²) in [5.74, 6) is 0. The maximum Gasteiger partial charge on any atom is -0.00139 e. The van der Waals surface area contributed by atoms with E-state index in [1.54, 1.807) is 0 Å². The molecule has 0 N–H and O–H groups in total. The fraction of sp³-hybridized carbons (Fsp3) is 0. The second-order valence-electron chi connectivity index (χ2n) is 12.4. The second kappa shape index (κ2) is 14.3. The number of rotatable bonds is 8. The zero-order chi connectivity index (χ0) is 33.5. The third-order valence-electron chi connectivity index (χ3n) is 9.37. The third-order valence-corrected chi connectivity index (χ3v) is 9.37. The van der Waals surface area contributed by atoms with Crippen molar-refractivity contribution in [1.29, 1.82) is 0 Å². The van der Waals surface area contributed by atoms with Crippen LogP contribution in [0, 0.1) is 0 Å². The van der Waals surface area contributed by atoms with Gasteiger partial charge < -0.3 is 0 Å². The average molecular weight is 637 g/mol. The van der Waals surface area contributed by atoms with E-state index >= 15 is 0 Å². The molecule has 0 unspecified atom stereocenters. The third kappa shape index (κ3) is 6.12. The van der Waals surface area contributed by atoms with E-state index in [2.05, 4.69) is 218 Å². The summed E-state index contributed by atoms with van der Waals surface area (Å²) in [4.78, 5) is 0. The highest BCUT2D eigenvalue weighted by Gasteiger charge is 2.25. The molecule has 0 heteroatoms. The Labute approximate surface area is 295 Å². The lowest BCUT2D eigenvalue weighted by molar-refractivity contribution is 1.48. The smallest absolute Gasteiger partial charge is 0.00139 e. The predicted octanol–water partition coefficient (Wildman–Crippen LogP) is 13.4. The molecule has 0 saturated heterocycles. The Morgan fingerprint density at radius 1 is 0.180 bits per heavy atom. The van der Waals surface area contributed by atoms with Gasteiger partial charge in [-0.1, -0.05) is 218 Å². The lowest BCUT2D eigenvalue weighted by atomic mass is 9.77. The largest absolute Gasteiger partial charge is 0.0622 e. The van der Waals surface area contributed by atoms with Crippen LogP contribution >= 0.6 is 0 Å². The van der Waals surface area contributed by atoms with Crippen LogP contribution < -0.4 is 0 Å². The Morgan fingerprint density at radius 2 is 0.360 bits per heavy atom. The molecule has 0 spiro atoms. The molecule has 50 heavy (non-hydrogen) atoms. The van der Waals surface area contributed by atoms with Crippen molar-refractivity contribution in [3.8, 4) is 44.5 Å². The van der Waals surface area contributed by atoms with Crippen LogP contribution in [0.15, 0.2) is 218 Å². The van der Waals surface area contributed by atoms with Crippen LogP contribution in [-0.2, 0) is 0 Å². The maximum absolute atomic E-state index is 2.30. The second-order valence-corrected chi connectivity index (χ2v) is 12.4. The summed E-state index contributed by atoms with van der Waals surface area (Å²) in [7, 11) is 0. The van der Waals surface area contributed by atoms with E-state index in [0.29, 0.717) is 0 Å². The van der Waals surface area contributed by atoms with Crippen molar-refractivity contribution in [3.63, 3.8) is 0 Å². The van der Waals surface area contributed by atoms with Gasteiger partial charge in [-0.25, -0.2) is 0 Å². The molecule has 8 rings (SSSR count). The van der Waals surface area contributed by atoms with Gasteiger partial charge in [-0.05, 0) is 77.9 Å². The SMILES string of the molecule is c1ccc(-c2ccccc2C(=C(c2ccccc2-c2ccccc2)c2ccccc2-c2ccccc2)c2ccccc2-c2ccccc2)cc1. The van der Waals surface area contributed by atoms with E-state index in [4.69, 9.17) is 0 Å². The van der Waals surface area contributed by atoms with Gasteiger partial charge in [0.1, 0.15) is 0 Å². The Morgan fingerprint density at radius 3 is 0.580 bits per heavy atom. The number of hydrogen-bond donors (Lipinski definition) is 0. The van der Waals surface area contributed by atoms with Crippen molar-refractivity contribution in [2.45, 2.75) is 0 Å². The van der Waals surface area contributed by atoms with Gasteiger partial charge in [-0.15, -0.1) is 0 Å². The Bertz CT molecular complexity index is 2040. The number of hydrogen-bond acceptors (Lipinski definition) is 0. The molecule has 236 valence electrons. The standard InChI is InChI=1S/C50H36/c1-5-21-37(22-6-1)41-29-13-17-33-45(41)49(46-34-18-14-30-42(46)38-23-7-2-8-24-38)50(47-35-19-15-31-43(47)39-25-9-3-10-26-39)48-36-20-16-32-44(48)40-27-11-4-12-28-40/h1-36H. The molecule has 0 radical (unpaired) electrons. The summed E-state index contributed by atoms with van der Waals surface area (Å²) in [5, 5.41) is 0. The van der Waals surface area contributed by atoms with E-state index in [1.807, 2.05) is 0 Å². The van der Waals surface area contributed by atoms with E-state index in [1.165, 1.54) is 77.9 Å². The minimum atomic E-state index is 1.18. The zero-order valence-corrected chi connectivity index (χ0v) is 27.8. The minimum Gasteiger partial charge on any atom is -0.0622 e. The molecule has 0 aromatic heterocycles. The van der Waals surface area contributed by atoms with E-state index in [9.17, 15) is 0 Å². The van der Waals surface area contributed by atoms with Crippen molar-refractivity contribution >= 4 is 11.1 Å². The highest BCUT2D eigenvalue weighted by atomic mass is 14.3. The van der Waals surface area contributed by atoms with Crippen molar-refractivity contribution in [1.82, 2.24) is 0 Å². The topological polar surface area (TPSA) is 0 Å². The molecule has 0 saturated carbocycles. The first kappa shape index (κ1) is 30.8. The maximum atomic E-state index is 2.30. The van der Waals surface area contributed by atoms with Gasteiger partial charge >= 0.3 is 0 Å². The van der Waals surface area contributed by atoms with Gasteiger partial charge in [0, 0.05) is 0 Å². The molecule has 0 aliphatic heterocycles. The summed E-state index contributed by atoms with van der Waals surface area (Å²) >= 11 is 0. The molecular formula is C50H36. The molecule has 0 atom stereocenters. The molecule has 0 aliphatic rings. The van der Waals surface area contributed by atoms with Crippen LogP contribution in [0.5, 0.6) is 0 Å². The van der Waals surface area contributed by atoms with Crippen LogP contribution in [0.25, 0.3) is 55.7 Å². The van der Waals surface area contributed by atoms with Crippen LogP contribution in [-0.4, -0.2) is 0 Å². The van der Waals surface area contributed by atoms with Gasteiger partial charge in [-0.2, -0.15) is 0 Å².